The Kier molecular flexibility index (Phi) is 6.51. The van der Waals surface area contributed by atoms with E-state index in [-0.39, 0.29) is 5.75 Å². The molecule has 0 saturated heterocycles. The number of hydrogen-bond donors (Lipinski definition) is 1. The van der Waals surface area contributed by atoms with Gasteiger partial charge in [0.1, 0.15) is 24.1 Å². The van der Waals surface area contributed by atoms with Gasteiger partial charge in [-0.1, -0.05) is 0 Å². The van der Waals surface area contributed by atoms with Gasteiger partial charge in [0.05, 0.1) is 7.11 Å². The van der Waals surface area contributed by atoms with Crippen LogP contribution in [0.25, 0.3) is 0 Å². The molecule has 0 aromatic heterocycles. The normalized spacial score (nSPS) is 9.61. The van der Waals surface area contributed by atoms with E-state index < -0.39 is 0 Å². The minimum atomic E-state index is 0.244. The first kappa shape index (κ1) is 18.4. The van der Waals surface area contributed by atoms with Crippen LogP contribution in [0.2, 0.25) is 0 Å². The van der Waals surface area contributed by atoms with E-state index in [0.717, 1.165) is 46.1 Å². The minimum Gasteiger partial charge on any atom is -0.508 e. The molecule has 0 atom stereocenters. The third kappa shape index (κ3) is 4.19. The van der Waals surface area contributed by atoms with E-state index in [4.69, 9.17) is 4.74 Å². The Balaban J connectivity index is 0.000000231. The molecule has 0 bridgehead atoms. The number of hydrogen-bond acceptors (Lipinski definition) is 4. The molecule has 2 aromatic carbocycles. The van der Waals surface area contributed by atoms with Crippen LogP contribution < -0.4 is 4.74 Å². The Bertz CT molecular complexity index is 718. The Morgan fingerprint density at radius 1 is 0.783 bits per heavy atom. The summed E-state index contributed by atoms with van der Waals surface area (Å²) in [6, 6.07) is 6.73. The monoisotopic (exact) mass is 314 g/mol. The van der Waals surface area contributed by atoms with Crippen molar-refractivity contribution < 1.29 is 19.4 Å². The second-order valence-corrected chi connectivity index (χ2v) is 5.27. The van der Waals surface area contributed by atoms with E-state index in [1.54, 1.807) is 26.2 Å². The zero-order valence-corrected chi connectivity index (χ0v) is 14.1. The van der Waals surface area contributed by atoms with E-state index >= 15 is 0 Å². The molecule has 0 aliphatic heterocycles. The second kappa shape index (κ2) is 8.13. The van der Waals surface area contributed by atoms with Gasteiger partial charge in [-0.2, -0.15) is 0 Å². The number of carbonyl (C=O) groups is 2. The van der Waals surface area contributed by atoms with Crippen molar-refractivity contribution in [3.63, 3.8) is 0 Å². The molecular weight excluding hydrogens is 292 g/mol. The molecule has 0 amide bonds. The van der Waals surface area contributed by atoms with Crippen LogP contribution in [0.5, 0.6) is 11.5 Å². The number of phenolic OH excluding ortho intramolecular Hbond substituents is 1. The average molecular weight is 314 g/mol. The van der Waals surface area contributed by atoms with Gasteiger partial charge in [0.15, 0.2) is 0 Å². The molecule has 2 rings (SSSR count). The zero-order valence-electron chi connectivity index (χ0n) is 14.1. The van der Waals surface area contributed by atoms with Gasteiger partial charge in [0.2, 0.25) is 0 Å². The van der Waals surface area contributed by atoms with Gasteiger partial charge in [0.25, 0.3) is 0 Å². The second-order valence-electron chi connectivity index (χ2n) is 5.27. The Hall–Kier alpha value is -2.62. The summed E-state index contributed by atoms with van der Waals surface area (Å²) in [5, 5.41) is 9.20. The van der Waals surface area contributed by atoms with Crippen LogP contribution in [0, 0.1) is 27.7 Å². The van der Waals surface area contributed by atoms with Gasteiger partial charge in [-0.25, -0.2) is 0 Å². The summed E-state index contributed by atoms with van der Waals surface area (Å²) in [5.74, 6) is 1.08. The SMILES string of the molecule is COc1ccc(C=O)c(C)c1C.Cc1c(O)ccc(C=O)c1C. The van der Waals surface area contributed by atoms with Crippen molar-refractivity contribution >= 4 is 12.6 Å². The average Bonchev–Trinajstić information content (AvgIpc) is 2.56. The largest absolute Gasteiger partial charge is 0.508 e. The number of methoxy groups -OCH3 is 1. The minimum absolute atomic E-state index is 0.244. The topological polar surface area (TPSA) is 63.6 Å². The smallest absolute Gasteiger partial charge is 0.150 e. The van der Waals surface area contributed by atoms with Gasteiger partial charge in [0, 0.05) is 11.1 Å². The number of carbonyl (C=O) groups excluding carboxylic acids is 2. The fourth-order valence-electron chi connectivity index (χ4n) is 2.12. The lowest BCUT2D eigenvalue weighted by molar-refractivity contribution is 0.111. The van der Waals surface area contributed by atoms with Crippen LogP contribution in [-0.4, -0.2) is 24.8 Å². The molecule has 122 valence electrons. The molecule has 1 N–H and O–H groups in total. The van der Waals surface area contributed by atoms with Crippen LogP contribution >= 0.6 is 0 Å². The number of aldehydes is 2. The first-order chi connectivity index (χ1) is 10.9. The standard InChI is InChI=1S/C10H12O2.C9H10O2/c1-7-8(2)10(12-3)5-4-9(7)6-11;1-6-7(2)9(11)4-3-8(6)5-10/h4-6H,1-3H3;3-5,11H,1-2H3. The van der Waals surface area contributed by atoms with Gasteiger partial charge >= 0.3 is 0 Å². The van der Waals surface area contributed by atoms with E-state index in [1.165, 1.54) is 6.07 Å². The highest BCUT2D eigenvalue weighted by molar-refractivity contribution is 5.79. The quantitative estimate of drug-likeness (QED) is 0.871. The molecule has 0 saturated carbocycles. The van der Waals surface area contributed by atoms with Crippen LogP contribution in [0.4, 0.5) is 0 Å². The third-order valence-electron chi connectivity index (χ3n) is 4.05. The first-order valence-corrected chi connectivity index (χ1v) is 7.21. The maximum Gasteiger partial charge on any atom is 0.150 e. The van der Waals surface area contributed by atoms with E-state index in [2.05, 4.69) is 0 Å². The van der Waals surface area contributed by atoms with Crippen molar-refractivity contribution in [3.05, 3.63) is 57.6 Å². The lowest BCUT2D eigenvalue weighted by atomic mass is 10.0. The van der Waals surface area contributed by atoms with Crippen molar-refractivity contribution in [2.45, 2.75) is 27.7 Å². The van der Waals surface area contributed by atoms with Gasteiger partial charge in [-0.05, 0) is 74.2 Å². The first-order valence-electron chi connectivity index (χ1n) is 7.21. The van der Waals surface area contributed by atoms with Crippen LogP contribution in [0.3, 0.4) is 0 Å². The van der Waals surface area contributed by atoms with Crippen molar-refractivity contribution in [1.82, 2.24) is 0 Å². The highest BCUT2D eigenvalue weighted by atomic mass is 16.5. The predicted molar refractivity (Wildman–Crippen MR) is 90.8 cm³/mol. The van der Waals surface area contributed by atoms with Crippen molar-refractivity contribution in [3.8, 4) is 11.5 Å². The molecule has 4 nitrogen and oxygen atoms in total. The third-order valence-corrected chi connectivity index (χ3v) is 4.05. The summed E-state index contributed by atoms with van der Waals surface area (Å²) < 4.78 is 5.11. The maximum absolute atomic E-state index is 10.5. The summed E-state index contributed by atoms with van der Waals surface area (Å²) in [6.07, 6.45) is 1.66. The van der Waals surface area contributed by atoms with E-state index in [9.17, 15) is 14.7 Å². The molecule has 23 heavy (non-hydrogen) atoms. The summed E-state index contributed by atoms with van der Waals surface area (Å²) in [4.78, 5) is 20.9. The fraction of sp³-hybridized carbons (Fsp3) is 0.263. The summed E-state index contributed by atoms with van der Waals surface area (Å²) >= 11 is 0. The number of benzene rings is 2. The Morgan fingerprint density at radius 2 is 1.26 bits per heavy atom. The molecule has 2 aromatic rings. The van der Waals surface area contributed by atoms with Gasteiger partial charge < -0.3 is 9.84 Å². The molecule has 0 fully saturated rings. The molecule has 0 spiro atoms. The van der Waals surface area contributed by atoms with Gasteiger partial charge in [-0.3, -0.25) is 9.59 Å². The molecule has 0 unspecified atom stereocenters. The molecular formula is C19H22O4. The lowest BCUT2D eigenvalue weighted by Crippen LogP contribution is -1.94. The number of aromatic hydroxyl groups is 1. The van der Waals surface area contributed by atoms with Crippen molar-refractivity contribution in [1.29, 1.82) is 0 Å². The van der Waals surface area contributed by atoms with Crippen molar-refractivity contribution in [2.75, 3.05) is 7.11 Å². The summed E-state index contributed by atoms with van der Waals surface area (Å²) in [6.45, 7) is 7.47. The fourth-order valence-corrected chi connectivity index (χ4v) is 2.12. The number of rotatable bonds is 3. The number of ether oxygens (including phenoxy) is 1. The Morgan fingerprint density at radius 3 is 1.74 bits per heavy atom. The predicted octanol–water partition coefficient (Wildman–Crippen LogP) is 3.95. The molecule has 4 heteroatoms. The molecule has 0 radical (unpaired) electrons. The van der Waals surface area contributed by atoms with E-state index in [1.807, 2.05) is 26.8 Å². The van der Waals surface area contributed by atoms with Crippen LogP contribution in [0.15, 0.2) is 24.3 Å². The summed E-state index contributed by atoms with van der Waals surface area (Å²) in [5.41, 5.74) is 5.01. The maximum atomic E-state index is 10.5. The Labute approximate surface area is 136 Å². The van der Waals surface area contributed by atoms with Crippen LogP contribution in [0.1, 0.15) is 43.0 Å². The molecule has 0 heterocycles. The van der Waals surface area contributed by atoms with Crippen molar-refractivity contribution in [2.24, 2.45) is 0 Å². The number of phenols is 1. The molecule has 0 aliphatic rings. The molecule has 0 aliphatic carbocycles. The van der Waals surface area contributed by atoms with Crippen LogP contribution in [-0.2, 0) is 0 Å². The van der Waals surface area contributed by atoms with E-state index in [0.29, 0.717) is 5.56 Å². The highest BCUT2D eigenvalue weighted by Gasteiger charge is 2.05. The van der Waals surface area contributed by atoms with Gasteiger partial charge in [-0.15, -0.1) is 0 Å². The highest BCUT2D eigenvalue weighted by Crippen LogP contribution is 2.22. The summed E-state index contributed by atoms with van der Waals surface area (Å²) in [7, 11) is 1.63. The zero-order chi connectivity index (χ0) is 17.6. The lowest BCUT2D eigenvalue weighted by Gasteiger charge is -2.08.